The van der Waals surface area contributed by atoms with Crippen molar-refractivity contribution in [2.24, 2.45) is 5.84 Å². The van der Waals surface area contributed by atoms with E-state index < -0.39 is 0 Å². The van der Waals surface area contributed by atoms with E-state index in [9.17, 15) is 4.39 Å². The Kier molecular flexibility index (Phi) is 4.14. The summed E-state index contributed by atoms with van der Waals surface area (Å²) in [6.45, 7) is 1.89. The number of anilines is 1. The van der Waals surface area contributed by atoms with E-state index in [2.05, 4.69) is 5.43 Å². The minimum absolute atomic E-state index is 0.0923. The van der Waals surface area contributed by atoms with Crippen molar-refractivity contribution in [2.75, 3.05) is 5.73 Å². The van der Waals surface area contributed by atoms with Crippen LogP contribution in [0.2, 0.25) is 0 Å². The van der Waals surface area contributed by atoms with Crippen LogP contribution in [0.25, 0.3) is 0 Å². The van der Waals surface area contributed by atoms with Crippen molar-refractivity contribution >= 4 is 5.69 Å². The molecule has 0 heterocycles. The third-order valence-corrected chi connectivity index (χ3v) is 3.30. The number of rotatable bonds is 4. The average molecular weight is 259 g/mol. The lowest BCUT2D eigenvalue weighted by Crippen LogP contribution is -2.30. The number of hydrogen-bond acceptors (Lipinski definition) is 3. The van der Waals surface area contributed by atoms with Crippen LogP contribution in [0.1, 0.15) is 22.7 Å². The Morgan fingerprint density at radius 1 is 1.21 bits per heavy atom. The maximum atomic E-state index is 13.1. The molecule has 100 valence electrons. The molecule has 0 fully saturated rings. The molecule has 0 bridgehead atoms. The van der Waals surface area contributed by atoms with Gasteiger partial charge in [-0.15, -0.1) is 0 Å². The molecule has 2 aromatic carbocycles. The van der Waals surface area contributed by atoms with Crippen molar-refractivity contribution in [3.8, 4) is 0 Å². The van der Waals surface area contributed by atoms with Crippen LogP contribution in [-0.2, 0) is 6.42 Å². The molecule has 0 aliphatic carbocycles. The first-order chi connectivity index (χ1) is 9.11. The fourth-order valence-corrected chi connectivity index (χ4v) is 2.20. The van der Waals surface area contributed by atoms with Crippen LogP contribution in [0, 0.1) is 12.7 Å². The number of hydrogen-bond donors (Lipinski definition) is 3. The molecule has 2 rings (SSSR count). The van der Waals surface area contributed by atoms with Crippen molar-refractivity contribution < 1.29 is 4.39 Å². The van der Waals surface area contributed by atoms with Gasteiger partial charge in [-0.3, -0.25) is 11.3 Å². The second-order valence-corrected chi connectivity index (χ2v) is 4.62. The molecule has 0 saturated heterocycles. The summed E-state index contributed by atoms with van der Waals surface area (Å²) in [6, 6.07) is 12.3. The van der Waals surface area contributed by atoms with Gasteiger partial charge in [0.15, 0.2) is 0 Å². The summed E-state index contributed by atoms with van der Waals surface area (Å²) in [5, 5.41) is 0. The Labute approximate surface area is 112 Å². The van der Waals surface area contributed by atoms with E-state index in [0.29, 0.717) is 12.1 Å². The fraction of sp³-hybridized carbons (Fsp3) is 0.200. The topological polar surface area (TPSA) is 64.1 Å². The van der Waals surface area contributed by atoms with Gasteiger partial charge in [0.1, 0.15) is 5.82 Å². The highest BCUT2D eigenvalue weighted by Gasteiger charge is 2.14. The lowest BCUT2D eigenvalue weighted by atomic mass is 9.95. The molecule has 19 heavy (non-hydrogen) atoms. The van der Waals surface area contributed by atoms with E-state index in [0.717, 1.165) is 16.7 Å². The van der Waals surface area contributed by atoms with Crippen LogP contribution in [-0.4, -0.2) is 0 Å². The van der Waals surface area contributed by atoms with Crippen molar-refractivity contribution in [3.63, 3.8) is 0 Å². The first-order valence-electron chi connectivity index (χ1n) is 6.17. The van der Waals surface area contributed by atoms with E-state index in [-0.39, 0.29) is 11.9 Å². The summed E-state index contributed by atoms with van der Waals surface area (Å²) in [5.41, 5.74) is 12.3. The third kappa shape index (κ3) is 3.10. The minimum atomic E-state index is -0.224. The predicted octanol–water partition coefficient (Wildman–Crippen LogP) is 2.46. The van der Waals surface area contributed by atoms with Gasteiger partial charge in [0.05, 0.1) is 6.04 Å². The van der Waals surface area contributed by atoms with Gasteiger partial charge >= 0.3 is 0 Å². The van der Waals surface area contributed by atoms with E-state index in [1.807, 2.05) is 31.2 Å². The molecule has 0 aliphatic rings. The molecule has 4 heteroatoms. The van der Waals surface area contributed by atoms with E-state index in [1.165, 1.54) is 12.1 Å². The molecule has 0 aromatic heterocycles. The largest absolute Gasteiger partial charge is 0.398 e. The fourth-order valence-electron chi connectivity index (χ4n) is 2.20. The summed E-state index contributed by atoms with van der Waals surface area (Å²) < 4.78 is 13.1. The van der Waals surface area contributed by atoms with Crippen molar-refractivity contribution in [2.45, 2.75) is 19.4 Å². The van der Waals surface area contributed by atoms with Crippen molar-refractivity contribution in [1.29, 1.82) is 0 Å². The molecular weight excluding hydrogens is 241 g/mol. The highest BCUT2D eigenvalue weighted by atomic mass is 19.1. The summed E-state index contributed by atoms with van der Waals surface area (Å²) in [6.07, 6.45) is 0.664. The average Bonchev–Trinajstić information content (AvgIpc) is 2.39. The maximum absolute atomic E-state index is 13.1. The van der Waals surface area contributed by atoms with E-state index >= 15 is 0 Å². The highest BCUT2D eigenvalue weighted by Crippen LogP contribution is 2.24. The van der Waals surface area contributed by atoms with Gasteiger partial charge in [-0.2, -0.15) is 0 Å². The molecule has 0 aliphatic heterocycles. The minimum Gasteiger partial charge on any atom is -0.398 e. The summed E-state index contributed by atoms with van der Waals surface area (Å²) in [4.78, 5) is 0. The molecular formula is C15H18FN3. The van der Waals surface area contributed by atoms with Gasteiger partial charge in [-0.05, 0) is 48.2 Å². The Bertz CT molecular complexity index is 569. The Morgan fingerprint density at radius 3 is 2.58 bits per heavy atom. The van der Waals surface area contributed by atoms with Gasteiger partial charge in [0.2, 0.25) is 0 Å². The zero-order valence-corrected chi connectivity index (χ0v) is 10.9. The summed E-state index contributed by atoms with van der Waals surface area (Å²) >= 11 is 0. The second kappa shape index (κ2) is 5.82. The van der Waals surface area contributed by atoms with Gasteiger partial charge in [0.25, 0.3) is 0 Å². The monoisotopic (exact) mass is 259 g/mol. The van der Waals surface area contributed by atoms with Crippen LogP contribution in [0.5, 0.6) is 0 Å². The number of halogens is 1. The first kappa shape index (κ1) is 13.5. The first-order valence-corrected chi connectivity index (χ1v) is 6.17. The Balaban J connectivity index is 2.27. The molecule has 3 nitrogen and oxygen atoms in total. The van der Waals surface area contributed by atoms with E-state index in [1.54, 1.807) is 6.07 Å². The predicted molar refractivity (Wildman–Crippen MR) is 75.8 cm³/mol. The smallest absolute Gasteiger partial charge is 0.123 e. The van der Waals surface area contributed by atoms with Gasteiger partial charge in [-0.1, -0.05) is 24.3 Å². The third-order valence-electron chi connectivity index (χ3n) is 3.30. The zero-order valence-electron chi connectivity index (χ0n) is 10.9. The van der Waals surface area contributed by atoms with E-state index in [4.69, 9.17) is 11.6 Å². The van der Waals surface area contributed by atoms with Crippen molar-refractivity contribution in [3.05, 3.63) is 65.0 Å². The number of nitrogens with one attached hydrogen (secondary N) is 1. The Hall–Kier alpha value is -1.91. The Morgan fingerprint density at radius 2 is 1.95 bits per heavy atom. The normalized spacial score (nSPS) is 12.4. The zero-order chi connectivity index (χ0) is 13.8. The van der Waals surface area contributed by atoms with Crippen LogP contribution in [0.15, 0.2) is 42.5 Å². The lowest BCUT2D eigenvalue weighted by molar-refractivity contribution is 0.551. The molecule has 1 unspecified atom stereocenters. The van der Waals surface area contributed by atoms with Gasteiger partial charge in [-0.25, -0.2) is 4.39 Å². The highest BCUT2D eigenvalue weighted by molar-refractivity contribution is 5.48. The number of nitrogen functional groups attached to an aromatic ring is 1. The molecule has 0 saturated carbocycles. The van der Waals surface area contributed by atoms with Crippen LogP contribution in [0.3, 0.4) is 0 Å². The van der Waals surface area contributed by atoms with Gasteiger partial charge < -0.3 is 5.73 Å². The lowest BCUT2D eigenvalue weighted by Gasteiger charge is -2.19. The van der Waals surface area contributed by atoms with Crippen LogP contribution in [0.4, 0.5) is 10.1 Å². The number of benzene rings is 2. The molecule has 5 N–H and O–H groups in total. The molecule has 0 spiro atoms. The molecule has 1 atom stereocenters. The standard InChI is InChI=1S/C15H18FN3/c1-10-8-12(16)7-6-11(10)9-15(19-18)13-4-2-3-5-14(13)17/h2-8,15,19H,9,17-18H2,1H3. The molecule has 0 radical (unpaired) electrons. The second-order valence-electron chi connectivity index (χ2n) is 4.62. The van der Waals surface area contributed by atoms with Gasteiger partial charge in [0, 0.05) is 5.69 Å². The summed E-state index contributed by atoms with van der Waals surface area (Å²) in [7, 11) is 0. The maximum Gasteiger partial charge on any atom is 0.123 e. The number of aryl methyl sites for hydroxylation is 1. The SMILES string of the molecule is Cc1cc(F)ccc1CC(NN)c1ccccc1N. The summed E-state index contributed by atoms with van der Waals surface area (Å²) in [5.74, 6) is 5.40. The van der Waals surface area contributed by atoms with Crippen LogP contribution < -0.4 is 17.0 Å². The quantitative estimate of drug-likeness (QED) is 0.449. The molecule has 0 amide bonds. The van der Waals surface area contributed by atoms with Crippen molar-refractivity contribution in [1.82, 2.24) is 5.43 Å². The number of nitrogens with two attached hydrogens (primary N) is 2. The molecule has 2 aromatic rings. The van der Waals surface area contributed by atoms with Crippen LogP contribution >= 0.6 is 0 Å². The number of para-hydroxylation sites is 1. The number of hydrazine groups is 1.